The monoisotopic (exact) mass is 486 g/mol. The third-order valence-corrected chi connectivity index (χ3v) is 6.26. The molecule has 0 spiro atoms. The largest absolute Gasteiger partial charge is 0.497 e. The Balaban J connectivity index is 1.55. The summed E-state index contributed by atoms with van der Waals surface area (Å²) in [6.45, 7) is 2.22. The SMILES string of the molecule is COc1ccc(Cn2cnc3c4ccccc4n(CC(=O)Nc4ccc(C)cc4Cl)c3c2=O)cc1. The molecule has 2 heterocycles. The number of hydrogen-bond acceptors (Lipinski definition) is 4. The van der Waals surface area contributed by atoms with E-state index in [1.165, 1.54) is 0 Å². The number of aromatic nitrogens is 3. The van der Waals surface area contributed by atoms with Crippen LogP contribution in [0.15, 0.2) is 77.9 Å². The van der Waals surface area contributed by atoms with Gasteiger partial charge in [-0.1, -0.05) is 48.0 Å². The van der Waals surface area contributed by atoms with E-state index in [1.54, 1.807) is 34.7 Å². The summed E-state index contributed by atoms with van der Waals surface area (Å²) in [4.78, 5) is 31.2. The maximum atomic E-state index is 13.6. The maximum Gasteiger partial charge on any atom is 0.278 e. The Morgan fingerprint density at radius 1 is 1.09 bits per heavy atom. The highest BCUT2D eigenvalue weighted by Gasteiger charge is 2.19. The average Bonchev–Trinajstić information content (AvgIpc) is 3.17. The minimum Gasteiger partial charge on any atom is -0.497 e. The summed E-state index contributed by atoms with van der Waals surface area (Å²) in [5.74, 6) is 0.456. The molecule has 0 aliphatic rings. The van der Waals surface area contributed by atoms with E-state index in [0.717, 1.165) is 27.8 Å². The van der Waals surface area contributed by atoms with Crippen molar-refractivity contribution in [2.75, 3.05) is 12.4 Å². The van der Waals surface area contributed by atoms with E-state index in [4.69, 9.17) is 16.3 Å². The molecular weight excluding hydrogens is 464 g/mol. The molecule has 1 amide bonds. The first-order valence-corrected chi connectivity index (χ1v) is 11.5. The lowest BCUT2D eigenvalue weighted by atomic mass is 10.2. The summed E-state index contributed by atoms with van der Waals surface area (Å²) >= 11 is 6.29. The fourth-order valence-corrected chi connectivity index (χ4v) is 4.49. The van der Waals surface area contributed by atoms with E-state index in [2.05, 4.69) is 10.3 Å². The van der Waals surface area contributed by atoms with Gasteiger partial charge < -0.3 is 14.6 Å². The first kappa shape index (κ1) is 22.7. The van der Waals surface area contributed by atoms with Crippen molar-refractivity contribution >= 4 is 45.1 Å². The van der Waals surface area contributed by atoms with Crippen molar-refractivity contribution < 1.29 is 9.53 Å². The standard InChI is InChI=1S/C27H23ClN4O3/c1-17-7-12-22(21(28)13-17)30-24(33)15-32-23-6-4-3-5-20(23)25-26(32)27(34)31(16-29-25)14-18-8-10-19(35-2)11-9-18/h3-13,16H,14-15H2,1-2H3,(H,30,33). The number of fused-ring (bicyclic) bond motifs is 3. The minimum absolute atomic E-state index is 0.0578. The second-order valence-corrected chi connectivity index (χ2v) is 8.76. The lowest BCUT2D eigenvalue weighted by Crippen LogP contribution is -2.25. The van der Waals surface area contributed by atoms with Gasteiger partial charge in [-0.25, -0.2) is 4.98 Å². The molecular formula is C27H23ClN4O3. The van der Waals surface area contributed by atoms with Gasteiger partial charge in [0.2, 0.25) is 5.91 Å². The molecule has 0 aliphatic carbocycles. The van der Waals surface area contributed by atoms with Gasteiger partial charge in [-0.15, -0.1) is 0 Å². The lowest BCUT2D eigenvalue weighted by Gasteiger charge is -2.11. The molecule has 0 fully saturated rings. The smallest absolute Gasteiger partial charge is 0.278 e. The van der Waals surface area contributed by atoms with Crippen LogP contribution in [0.5, 0.6) is 5.75 Å². The summed E-state index contributed by atoms with van der Waals surface area (Å²) in [5, 5.41) is 4.14. The van der Waals surface area contributed by atoms with Crippen molar-refractivity contribution in [3.63, 3.8) is 0 Å². The minimum atomic E-state index is -0.289. The number of nitrogens with one attached hydrogen (secondary N) is 1. The molecule has 2 aromatic heterocycles. The normalized spacial score (nSPS) is 11.2. The number of amides is 1. The van der Waals surface area contributed by atoms with E-state index < -0.39 is 0 Å². The molecule has 7 nitrogen and oxygen atoms in total. The van der Waals surface area contributed by atoms with Crippen LogP contribution < -0.4 is 15.6 Å². The van der Waals surface area contributed by atoms with Gasteiger partial charge in [-0.2, -0.15) is 0 Å². The number of para-hydroxylation sites is 1. The first-order valence-electron chi connectivity index (χ1n) is 11.1. The number of benzene rings is 3. The molecule has 0 unspecified atom stereocenters. The van der Waals surface area contributed by atoms with Gasteiger partial charge in [-0.3, -0.25) is 14.2 Å². The first-order chi connectivity index (χ1) is 16.9. The maximum absolute atomic E-state index is 13.6. The molecule has 0 radical (unpaired) electrons. The van der Waals surface area contributed by atoms with Crippen LogP contribution in [0.1, 0.15) is 11.1 Å². The van der Waals surface area contributed by atoms with Crippen LogP contribution in [-0.4, -0.2) is 27.1 Å². The fourth-order valence-electron chi connectivity index (χ4n) is 4.21. The Kier molecular flexibility index (Phi) is 6.01. The highest BCUT2D eigenvalue weighted by atomic mass is 35.5. The number of carbonyl (C=O) groups is 1. The molecule has 176 valence electrons. The predicted octanol–water partition coefficient (Wildman–Crippen LogP) is 5.01. The second kappa shape index (κ2) is 9.27. The molecule has 1 N–H and O–H groups in total. The van der Waals surface area contributed by atoms with Crippen LogP contribution >= 0.6 is 11.6 Å². The molecule has 0 saturated carbocycles. The Labute approximate surface area is 206 Å². The molecule has 8 heteroatoms. The van der Waals surface area contributed by atoms with E-state index in [9.17, 15) is 9.59 Å². The van der Waals surface area contributed by atoms with Crippen molar-refractivity contribution in [2.24, 2.45) is 0 Å². The number of carbonyl (C=O) groups excluding carboxylic acids is 1. The summed E-state index contributed by atoms with van der Waals surface area (Å²) in [7, 11) is 1.61. The van der Waals surface area contributed by atoms with Crippen LogP contribution in [0.2, 0.25) is 5.02 Å². The van der Waals surface area contributed by atoms with Crippen molar-refractivity contribution in [1.82, 2.24) is 14.1 Å². The quantitative estimate of drug-likeness (QED) is 0.366. The van der Waals surface area contributed by atoms with Crippen molar-refractivity contribution in [1.29, 1.82) is 0 Å². The number of ether oxygens (including phenoxy) is 1. The fraction of sp³-hybridized carbons (Fsp3) is 0.148. The van der Waals surface area contributed by atoms with Crippen molar-refractivity contribution in [3.8, 4) is 5.75 Å². The molecule has 3 aromatic carbocycles. The van der Waals surface area contributed by atoms with Gasteiger partial charge in [0.15, 0.2) is 0 Å². The number of rotatable bonds is 6. The molecule has 0 atom stereocenters. The zero-order chi connectivity index (χ0) is 24.5. The molecule has 5 aromatic rings. The van der Waals surface area contributed by atoms with Crippen LogP contribution in [0.4, 0.5) is 5.69 Å². The topological polar surface area (TPSA) is 78.2 Å². The number of nitrogens with zero attached hydrogens (tertiary/aromatic N) is 3. The van der Waals surface area contributed by atoms with Crippen LogP contribution in [0, 0.1) is 6.92 Å². The lowest BCUT2D eigenvalue weighted by molar-refractivity contribution is -0.116. The molecule has 35 heavy (non-hydrogen) atoms. The van der Waals surface area contributed by atoms with Crippen LogP contribution in [0.25, 0.3) is 21.9 Å². The van der Waals surface area contributed by atoms with Gasteiger partial charge >= 0.3 is 0 Å². The Hall–Kier alpha value is -4.10. The Morgan fingerprint density at radius 2 is 1.86 bits per heavy atom. The Morgan fingerprint density at radius 3 is 2.60 bits per heavy atom. The molecule has 0 aliphatic heterocycles. The summed E-state index contributed by atoms with van der Waals surface area (Å²) in [6, 6.07) is 20.5. The Bertz CT molecular complexity index is 1620. The number of hydrogen-bond donors (Lipinski definition) is 1. The highest BCUT2D eigenvalue weighted by Crippen LogP contribution is 2.26. The summed E-state index contributed by atoms with van der Waals surface area (Å²) < 4.78 is 8.49. The van der Waals surface area contributed by atoms with Gasteiger partial charge in [0, 0.05) is 5.39 Å². The highest BCUT2D eigenvalue weighted by molar-refractivity contribution is 6.33. The van der Waals surface area contributed by atoms with Gasteiger partial charge in [-0.05, 0) is 48.4 Å². The number of halogens is 1. The van der Waals surface area contributed by atoms with Crippen molar-refractivity contribution in [3.05, 3.63) is 99.6 Å². The zero-order valence-corrected chi connectivity index (χ0v) is 20.0. The number of aryl methyl sites for hydroxylation is 1. The van der Waals surface area contributed by atoms with E-state index in [0.29, 0.717) is 28.3 Å². The predicted molar refractivity (Wildman–Crippen MR) is 138 cm³/mol. The molecule has 0 saturated heterocycles. The zero-order valence-electron chi connectivity index (χ0n) is 19.3. The second-order valence-electron chi connectivity index (χ2n) is 8.36. The third kappa shape index (κ3) is 4.38. The van der Waals surface area contributed by atoms with E-state index in [-0.39, 0.29) is 18.0 Å². The van der Waals surface area contributed by atoms with Crippen LogP contribution in [0.3, 0.4) is 0 Å². The summed E-state index contributed by atoms with van der Waals surface area (Å²) in [5.41, 5.74) is 3.95. The third-order valence-electron chi connectivity index (χ3n) is 5.95. The van der Waals surface area contributed by atoms with Gasteiger partial charge in [0.05, 0.1) is 36.2 Å². The van der Waals surface area contributed by atoms with E-state index >= 15 is 0 Å². The molecule has 0 bridgehead atoms. The number of anilines is 1. The average molecular weight is 487 g/mol. The summed E-state index contributed by atoms with van der Waals surface area (Å²) in [6.07, 6.45) is 1.55. The van der Waals surface area contributed by atoms with E-state index in [1.807, 2.05) is 61.5 Å². The number of methoxy groups -OCH3 is 1. The molecule has 5 rings (SSSR count). The van der Waals surface area contributed by atoms with Crippen LogP contribution in [-0.2, 0) is 17.9 Å². The van der Waals surface area contributed by atoms with Gasteiger partial charge in [0.1, 0.15) is 23.3 Å². The van der Waals surface area contributed by atoms with Gasteiger partial charge in [0.25, 0.3) is 5.56 Å². The van der Waals surface area contributed by atoms with Crippen molar-refractivity contribution in [2.45, 2.75) is 20.0 Å².